The van der Waals surface area contributed by atoms with E-state index in [9.17, 15) is 4.79 Å². The van der Waals surface area contributed by atoms with Gasteiger partial charge in [0.25, 0.3) is 0 Å². The Morgan fingerprint density at radius 3 is 2.40 bits per heavy atom. The minimum absolute atomic E-state index is 0.127. The number of hydrogen-bond donors (Lipinski definition) is 0. The zero-order valence-corrected chi connectivity index (χ0v) is 11.6. The van der Waals surface area contributed by atoms with Crippen molar-refractivity contribution in [2.24, 2.45) is 0 Å². The Morgan fingerprint density at radius 1 is 1.10 bits per heavy atom. The van der Waals surface area contributed by atoms with Gasteiger partial charge in [-0.05, 0) is 24.3 Å². The normalized spacial score (nSPS) is 15.4. The number of hydrogen-bond acceptors (Lipinski definition) is 4. The van der Waals surface area contributed by atoms with Crippen molar-refractivity contribution in [3.63, 3.8) is 0 Å². The van der Waals surface area contributed by atoms with Crippen LogP contribution in [0.3, 0.4) is 0 Å². The van der Waals surface area contributed by atoms with E-state index in [4.69, 9.17) is 11.6 Å². The highest BCUT2D eigenvalue weighted by Gasteiger charge is 2.22. The van der Waals surface area contributed by atoms with Crippen LogP contribution in [-0.4, -0.2) is 52.1 Å². The van der Waals surface area contributed by atoms with Crippen LogP contribution in [0, 0.1) is 0 Å². The first-order chi connectivity index (χ1) is 9.74. The lowest BCUT2D eigenvalue weighted by atomic mass is 10.2. The minimum atomic E-state index is -0.127. The van der Waals surface area contributed by atoms with Crippen LogP contribution in [0.4, 0.5) is 10.5 Å². The van der Waals surface area contributed by atoms with Crippen LogP contribution in [0.2, 0.25) is 5.02 Å². The number of anilines is 1. The standard InChI is InChI=1S/C13H14ClN5O/c14-11-1-3-12(4-2-11)17-7-9-18(10-8-17)13(20)19-6-5-15-16-19/h1-6H,7-10H2. The van der Waals surface area contributed by atoms with Crippen LogP contribution in [0.1, 0.15) is 0 Å². The molecular formula is C13H14ClN5O. The van der Waals surface area contributed by atoms with Gasteiger partial charge in [-0.1, -0.05) is 16.8 Å². The predicted molar refractivity (Wildman–Crippen MR) is 76.1 cm³/mol. The Labute approximate surface area is 121 Å². The molecule has 1 aromatic carbocycles. The topological polar surface area (TPSA) is 54.3 Å². The molecule has 2 heterocycles. The number of carbonyl (C=O) groups is 1. The maximum atomic E-state index is 12.1. The molecule has 1 aromatic heterocycles. The fraction of sp³-hybridized carbons (Fsp3) is 0.308. The van der Waals surface area contributed by atoms with Gasteiger partial charge in [0.2, 0.25) is 0 Å². The number of benzene rings is 1. The van der Waals surface area contributed by atoms with Crippen LogP contribution >= 0.6 is 11.6 Å². The third kappa shape index (κ3) is 2.60. The first-order valence-corrected chi connectivity index (χ1v) is 6.78. The quantitative estimate of drug-likeness (QED) is 0.803. The summed E-state index contributed by atoms with van der Waals surface area (Å²) in [5.41, 5.74) is 1.13. The molecule has 104 valence electrons. The Kier molecular flexibility index (Phi) is 3.56. The molecular weight excluding hydrogens is 278 g/mol. The summed E-state index contributed by atoms with van der Waals surface area (Å²) >= 11 is 5.89. The van der Waals surface area contributed by atoms with E-state index in [-0.39, 0.29) is 6.03 Å². The van der Waals surface area contributed by atoms with E-state index >= 15 is 0 Å². The second-order valence-corrected chi connectivity index (χ2v) is 5.02. The van der Waals surface area contributed by atoms with Crippen LogP contribution < -0.4 is 4.90 Å². The van der Waals surface area contributed by atoms with Crippen molar-refractivity contribution in [3.05, 3.63) is 41.7 Å². The molecule has 3 rings (SSSR count). The Hall–Kier alpha value is -2.08. The number of nitrogens with zero attached hydrogens (tertiary/aromatic N) is 5. The van der Waals surface area contributed by atoms with Crippen molar-refractivity contribution in [2.45, 2.75) is 0 Å². The lowest BCUT2D eigenvalue weighted by Gasteiger charge is -2.35. The minimum Gasteiger partial charge on any atom is -0.368 e. The van der Waals surface area contributed by atoms with Gasteiger partial charge in [0, 0.05) is 36.9 Å². The van der Waals surface area contributed by atoms with Crippen molar-refractivity contribution in [1.29, 1.82) is 0 Å². The van der Waals surface area contributed by atoms with Gasteiger partial charge in [-0.15, -0.1) is 5.10 Å². The van der Waals surface area contributed by atoms with Crippen molar-refractivity contribution in [2.75, 3.05) is 31.1 Å². The average molecular weight is 292 g/mol. The summed E-state index contributed by atoms with van der Waals surface area (Å²) in [6, 6.07) is 7.63. The molecule has 7 heteroatoms. The lowest BCUT2D eigenvalue weighted by Crippen LogP contribution is -2.50. The fourth-order valence-corrected chi connectivity index (χ4v) is 2.39. The second-order valence-electron chi connectivity index (χ2n) is 4.58. The summed E-state index contributed by atoms with van der Waals surface area (Å²) in [4.78, 5) is 16.1. The number of piperazine rings is 1. The van der Waals surface area contributed by atoms with Crippen LogP contribution in [0.25, 0.3) is 0 Å². The molecule has 0 saturated carbocycles. The lowest BCUT2D eigenvalue weighted by molar-refractivity contribution is 0.192. The molecule has 0 radical (unpaired) electrons. The Bertz CT molecular complexity index is 575. The number of rotatable bonds is 1. The summed E-state index contributed by atoms with van der Waals surface area (Å²) in [6.07, 6.45) is 3.07. The smallest absolute Gasteiger partial charge is 0.346 e. The molecule has 0 aliphatic carbocycles. The molecule has 1 amide bonds. The highest BCUT2D eigenvalue weighted by atomic mass is 35.5. The molecule has 1 aliphatic heterocycles. The molecule has 6 nitrogen and oxygen atoms in total. The van der Waals surface area contributed by atoms with E-state index in [0.717, 1.165) is 23.8 Å². The number of halogens is 1. The van der Waals surface area contributed by atoms with E-state index in [2.05, 4.69) is 15.2 Å². The second kappa shape index (κ2) is 5.50. The largest absolute Gasteiger partial charge is 0.368 e. The summed E-state index contributed by atoms with van der Waals surface area (Å²) in [5.74, 6) is 0. The van der Waals surface area contributed by atoms with Gasteiger partial charge in [-0.2, -0.15) is 4.68 Å². The van der Waals surface area contributed by atoms with Gasteiger partial charge in [0.15, 0.2) is 0 Å². The molecule has 0 bridgehead atoms. The summed E-state index contributed by atoms with van der Waals surface area (Å²) in [5, 5.41) is 8.11. The maximum absolute atomic E-state index is 12.1. The maximum Gasteiger partial charge on any atom is 0.346 e. The van der Waals surface area contributed by atoms with E-state index in [1.165, 1.54) is 10.9 Å². The third-order valence-electron chi connectivity index (χ3n) is 3.36. The molecule has 1 saturated heterocycles. The van der Waals surface area contributed by atoms with E-state index in [1.54, 1.807) is 11.1 Å². The molecule has 0 N–H and O–H groups in total. The SMILES string of the molecule is O=C(N1CCN(c2ccc(Cl)cc2)CC1)n1ccnn1. The van der Waals surface area contributed by atoms with Crippen LogP contribution in [0.15, 0.2) is 36.7 Å². The summed E-state index contributed by atoms with van der Waals surface area (Å²) in [6.45, 7) is 2.92. The first kappa shape index (κ1) is 12.9. The van der Waals surface area contributed by atoms with Gasteiger partial charge in [-0.3, -0.25) is 0 Å². The fourth-order valence-electron chi connectivity index (χ4n) is 2.26. The van der Waals surface area contributed by atoms with Crippen LogP contribution in [-0.2, 0) is 0 Å². The zero-order chi connectivity index (χ0) is 13.9. The highest BCUT2D eigenvalue weighted by Crippen LogP contribution is 2.19. The third-order valence-corrected chi connectivity index (χ3v) is 3.61. The predicted octanol–water partition coefficient (Wildman–Crippen LogP) is 1.72. The molecule has 2 aromatic rings. The van der Waals surface area contributed by atoms with Gasteiger partial charge < -0.3 is 9.80 Å². The first-order valence-electron chi connectivity index (χ1n) is 6.40. The van der Waals surface area contributed by atoms with E-state index < -0.39 is 0 Å². The van der Waals surface area contributed by atoms with Crippen molar-refractivity contribution >= 4 is 23.3 Å². The molecule has 0 unspecified atom stereocenters. The molecule has 0 spiro atoms. The summed E-state index contributed by atoms with van der Waals surface area (Å²) in [7, 11) is 0. The monoisotopic (exact) mass is 291 g/mol. The van der Waals surface area contributed by atoms with E-state index in [1.807, 2.05) is 24.3 Å². The van der Waals surface area contributed by atoms with Crippen molar-refractivity contribution < 1.29 is 4.79 Å². The van der Waals surface area contributed by atoms with Gasteiger partial charge in [0.1, 0.15) is 0 Å². The number of aromatic nitrogens is 3. The molecule has 20 heavy (non-hydrogen) atoms. The average Bonchev–Trinajstić information content (AvgIpc) is 3.02. The van der Waals surface area contributed by atoms with Crippen LogP contribution in [0.5, 0.6) is 0 Å². The van der Waals surface area contributed by atoms with Gasteiger partial charge >= 0.3 is 6.03 Å². The molecule has 0 atom stereocenters. The number of carbonyl (C=O) groups excluding carboxylic acids is 1. The molecule has 1 fully saturated rings. The van der Waals surface area contributed by atoms with Gasteiger partial charge in [-0.25, -0.2) is 4.79 Å². The summed E-state index contributed by atoms with van der Waals surface area (Å²) < 4.78 is 1.26. The van der Waals surface area contributed by atoms with Gasteiger partial charge in [0.05, 0.1) is 12.4 Å². The Balaban J connectivity index is 1.62. The number of amides is 1. The zero-order valence-electron chi connectivity index (χ0n) is 10.8. The van der Waals surface area contributed by atoms with Crippen molar-refractivity contribution in [1.82, 2.24) is 19.9 Å². The van der Waals surface area contributed by atoms with Crippen molar-refractivity contribution in [3.8, 4) is 0 Å². The highest BCUT2D eigenvalue weighted by molar-refractivity contribution is 6.30. The van der Waals surface area contributed by atoms with E-state index in [0.29, 0.717) is 13.1 Å². The Morgan fingerprint density at radius 2 is 1.80 bits per heavy atom. The molecule has 1 aliphatic rings.